The molecule has 1 aliphatic rings. The Balaban J connectivity index is 2.45. The number of halogens is 1. The second kappa shape index (κ2) is 3.61. The van der Waals surface area contributed by atoms with Crippen LogP contribution in [0.1, 0.15) is 44.1 Å². The van der Waals surface area contributed by atoms with Crippen LogP contribution in [0, 0.1) is 12.3 Å². The lowest BCUT2D eigenvalue weighted by Gasteiger charge is -2.18. The second-order valence-corrected chi connectivity index (χ2v) is 5.32. The molecule has 0 aromatic carbocycles. The Morgan fingerprint density at radius 3 is 2.73 bits per heavy atom. The molecule has 0 bridgehead atoms. The van der Waals surface area contributed by atoms with E-state index in [0.717, 1.165) is 16.0 Å². The highest BCUT2D eigenvalue weighted by atomic mass is 79.9. The summed E-state index contributed by atoms with van der Waals surface area (Å²) in [6.07, 6.45) is 9.74. The molecule has 1 saturated carbocycles. The average molecular weight is 265 g/mol. The van der Waals surface area contributed by atoms with E-state index in [2.05, 4.69) is 31.8 Å². The van der Waals surface area contributed by atoms with Crippen molar-refractivity contribution in [2.45, 2.75) is 38.0 Å². The first-order chi connectivity index (χ1) is 7.04. The second-order valence-electron chi connectivity index (χ2n) is 4.47. The van der Waals surface area contributed by atoms with Gasteiger partial charge in [0.05, 0.1) is 15.6 Å². The van der Waals surface area contributed by atoms with Gasteiger partial charge in [-0.05, 0) is 42.6 Å². The SMILES string of the molecule is C#CC(C)(C)c1nc(C2CC2)ncc1Br. The van der Waals surface area contributed by atoms with Crippen LogP contribution >= 0.6 is 15.9 Å². The van der Waals surface area contributed by atoms with Crippen LogP contribution in [0.25, 0.3) is 0 Å². The molecule has 0 radical (unpaired) electrons. The maximum absolute atomic E-state index is 5.52. The van der Waals surface area contributed by atoms with Gasteiger partial charge in [0, 0.05) is 12.1 Å². The van der Waals surface area contributed by atoms with Gasteiger partial charge >= 0.3 is 0 Å². The normalized spacial score (nSPS) is 16.1. The lowest BCUT2D eigenvalue weighted by molar-refractivity contribution is 0.651. The molecule has 1 fully saturated rings. The van der Waals surface area contributed by atoms with Crippen molar-refractivity contribution in [2.24, 2.45) is 0 Å². The molecule has 2 rings (SSSR count). The van der Waals surface area contributed by atoms with Crippen LogP contribution in [0.4, 0.5) is 0 Å². The average Bonchev–Trinajstić information content (AvgIpc) is 3.02. The molecule has 0 atom stereocenters. The Bertz CT molecular complexity index is 428. The van der Waals surface area contributed by atoms with Gasteiger partial charge in [-0.3, -0.25) is 0 Å². The minimum absolute atomic E-state index is 0.342. The van der Waals surface area contributed by atoms with Crippen molar-refractivity contribution in [3.05, 3.63) is 22.2 Å². The van der Waals surface area contributed by atoms with Gasteiger partial charge < -0.3 is 0 Å². The highest BCUT2D eigenvalue weighted by Crippen LogP contribution is 2.39. The quantitative estimate of drug-likeness (QED) is 0.768. The van der Waals surface area contributed by atoms with Gasteiger partial charge in [-0.15, -0.1) is 6.42 Å². The van der Waals surface area contributed by atoms with Crippen molar-refractivity contribution in [2.75, 3.05) is 0 Å². The molecule has 0 saturated heterocycles. The van der Waals surface area contributed by atoms with Crippen molar-refractivity contribution < 1.29 is 0 Å². The van der Waals surface area contributed by atoms with Crippen LogP contribution in [0.5, 0.6) is 0 Å². The topological polar surface area (TPSA) is 25.8 Å². The highest BCUT2D eigenvalue weighted by molar-refractivity contribution is 9.10. The molecule has 78 valence electrons. The third-order valence-corrected chi connectivity index (χ3v) is 3.24. The van der Waals surface area contributed by atoms with E-state index in [0.29, 0.717) is 5.92 Å². The van der Waals surface area contributed by atoms with Crippen molar-refractivity contribution in [3.8, 4) is 12.3 Å². The summed E-state index contributed by atoms with van der Waals surface area (Å²) in [5, 5.41) is 0. The van der Waals surface area contributed by atoms with Crippen LogP contribution in [0.2, 0.25) is 0 Å². The predicted octanol–water partition coefficient (Wildman–Crippen LogP) is 3.03. The molecule has 3 heteroatoms. The van der Waals surface area contributed by atoms with Gasteiger partial charge in [0.25, 0.3) is 0 Å². The molecule has 2 nitrogen and oxygen atoms in total. The molecule has 0 N–H and O–H groups in total. The number of nitrogens with zero attached hydrogens (tertiary/aromatic N) is 2. The van der Waals surface area contributed by atoms with Crippen molar-refractivity contribution in [3.63, 3.8) is 0 Å². The molecule has 1 heterocycles. The summed E-state index contributed by atoms with van der Waals surface area (Å²) >= 11 is 3.46. The molecule has 0 spiro atoms. The van der Waals surface area contributed by atoms with Crippen LogP contribution in [-0.2, 0) is 5.41 Å². The monoisotopic (exact) mass is 264 g/mol. The summed E-state index contributed by atoms with van der Waals surface area (Å²) in [7, 11) is 0. The molecule has 1 aromatic heterocycles. The summed E-state index contributed by atoms with van der Waals surface area (Å²) < 4.78 is 0.898. The van der Waals surface area contributed by atoms with Gasteiger partial charge in [-0.2, -0.15) is 0 Å². The predicted molar refractivity (Wildman–Crippen MR) is 63.6 cm³/mol. The molecule has 1 aromatic rings. The van der Waals surface area contributed by atoms with E-state index >= 15 is 0 Å². The molecule has 0 amide bonds. The Hall–Kier alpha value is -0.880. The van der Waals surface area contributed by atoms with Crippen molar-refractivity contribution >= 4 is 15.9 Å². The fourth-order valence-electron chi connectivity index (χ4n) is 1.43. The largest absolute Gasteiger partial charge is 0.240 e. The summed E-state index contributed by atoms with van der Waals surface area (Å²) in [4.78, 5) is 8.90. The zero-order valence-corrected chi connectivity index (χ0v) is 10.5. The summed E-state index contributed by atoms with van der Waals surface area (Å²) in [6.45, 7) is 3.99. The van der Waals surface area contributed by atoms with Gasteiger partial charge in [0.2, 0.25) is 0 Å². The summed E-state index contributed by atoms with van der Waals surface area (Å²) in [5.74, 6) is 4.27. The summed E-state index contributed by atoms with van der Waals surface area (Å²) in [6, 6.07) is 0. The Morgan fingerprint density at radius 1 is 1.53 bits per heavy atom. The smallest absolute Gasteiger partial charge is 0.131 e. The lowest BCUT2D eigenvalue weighted by Crippen LogP contribution is -2.18. The Morgan fingerprint density at radius 2 is 2.20 bits per heavy atom. The number of hydrogen-bond acceptors (Lipinski definition) is 2. The van der Waals surface area contributed by atoms with E-state index in [4.69, 9.17) is 6.42 Å². The van der Waals surface area contributed by atoms with Gasteiger partial charge in [0.1, 0.15) is 5.82 Å². The third kappa shape index (κ3) is 2.05. The first kappa shape index (κ1) is 10.6. The Labute approximate surface area is 98.7 Å². The van der Waals surface area contributed by atoms with Crippen LogP contribution < -0.4 is 0 Å². The van der Waals surface area contributed by atoms with Crippen LogP contribution in [0.15, 0.2) is 10.7 Å². The fraction of sp³-hybridized carbons (Fsp3) is 0.500. The first-order valence-electron chi connectivity index (χ1n) is 5.05. The maximum atomic E-state index is 5.52. The summed E-state index contributed by atoms with van der Waals surface area (Å²) in [5.41, 5.74) is 0.577. The molecule has 0 unspecified atom stereocenters. The minimum atomic E-state index is -0.342. The zero-order chi connectivity index (χ0) is 11.1. The van der Waals surface area contributed by atoms with Gasteiger partial charge in [-0.25, -0.2) is 9.97 Å². The number of hydrogen-bond donors (Lipinski definition) is 0. The van der Waals surface area contributed by atoms with Gasteiger partial charge in [-0.1, -0.05) is 5.92 Å². The van der Waals surface area contributed by atoms with Crippen molar-refractivity contribution in [1.29, 1.82) is 0 Å². The van der Waals surface area contributed by atoms with E-state index in [1.807, 2.05) is 20.0 Å². The molecular weight excluding hydrogens is 252 g/mol. The van der Waals surface area contributed by atoms with E-state index in [-0.39, 0.29) is 5.41 Å². The standard InChI is InChI=1S/C12H13BrN2/c1-4-12(2,3)10-9(13)7-14-11(15-10)8-5-6-8/h1,7-8H,5-6H2,2-3H3. The maximum Gasteiger partial charge on any atom is 0.131 e. The molecule has 0 aliphatic heterocycles. The Kier molecular flexibility index (Phi) is 2.56. The fourth-order valence-corrected chi connectivity index (χ4v) is 2.11. The molecular formula is C12H13BrN2. The molecule has 15 heavy (non-hydrogen) atoms. The number of aromatic nitrogens is 2. The zero-order valence-electron chi connectivity index (χ0n) is 8.92. The van der Waals surface area contributed by atoms with Crippen LogP contribution in [-0.4, -0.2) is 9.97 Å². The van der Waals surface area contributed by atoms with E-state index < -0.39 is 0 Å². The van der Waals surface area contributed by atoms with E-state index in [1.165, 1.54) is 12.8 Å². The van der Waals surface area contributed by atoms with Gasteiger partial charge in [0.15, 0.2) is 0 Å². The highest BCUT2D eigenvalue weighted by Gasteiger charge is 2.29. The molecule has 1 aliphatic carbocycles. The van der Waals surface area contributed by atoms with Crippen LogP contribution in [0.3, 0.4) is 0 Å². The number of rotatable bonds is 2. The minimum Gasteiger partial charge on any atom is -0.240 e. The third-order valence-electron chi connectivity index (χ3n) is 2.66. The van der Waals surface area contributed by atoms with E-state index in [1.54, 1.807) is 0 Å². The first-order valence-corrected chi connectivity index (χ1v) is 5.84. The number of terminal acetylenes is 1. The van der Waals surface area contributed by atoms with Crippen molar-refractivity contribution in [1.82, 2.24) is 9.97 Å². The lowest BCUT2D eigenvalue weighted by atomic mass is 9.90. The van der Waals surface area contributed by atoms with E-state index in [9.17, 15) is 0 Å².